The van der Waals surface area contributed by atoms with E-state index in [-0.39, 0.29) is 17.8 Å². The average molecular weight is 526 g/mol. The minimum Gasteiger partial charge on any atom is -0.370 e. The Hall–Kier alpha value is -3.29. The number of rotatable bonds is 4. The zero-order chi connectivity index (χ0) is 26.4. The van der Waals surface area contributed by atoms with Crippen LogP contribution < -0.4 is 15.1 Å². The van der Waals surface area contributed by atoms with Crippen molar-refractivity contribution in [2.24, 2.45) is 0 Å². The van der Waals surface area contributed by atoms with Crippen LogP contribution >= 0.6 is 0 Å². The summed E-state index contributed by atoms with van der Waals surface area (Å²) in [5.74, 6) is 1.07. The molecule has 7 rings (SSSR count). The van der Waals surface area contributed by atoms with Crippen molar-refractivity contribution in [1.82, 2.24) is 20.2 Å². The summed E-state index contributed by atoms with van der Waals surface area (Å²) in [6.45, 7) is 10.8. The van der Waals surface area contributed by atoms with Crippen molar-refractivity contribution in [3.8, 4) is 6.07 Å². The highest BCUT2D eigenvalue weighted by Crippen LogP contribution is 2.34. The molecule has 0 radical (unpaired) electrons. The van der Waals surface area contributed by atoms with Crippen molar-refractivity contribution in [1.29, 1.82) is 5.26 Å². The van der Waals surface area contributed by atoms with Gasteiger partial charge in [-0.25, -0.2) is 4.98 Å². The van der Waals surface area contributed by atoms with E-state index >= 15 is 0 Å². The predicted octanol–water partition coefficient (Wildman–Crippen LogP) is 2.33. The van der Waals surface area contributed by atoms with Gasteiger partial charge in [0.25, 0.3) is 0 Å². The van der Waals surface area contributed by atoms with Crippen molar-refractivity contribution in [3.05, 3.63) is 59.4 Å². The number of ether oxygens (including phenoxy) is 2. The number of hydrogen-bond donors (Lipinski definition) is 1. The Bertz CT molecular complexity index is 1420. The van der Waals surface area contributed by atoms with Crippen molar-refractivity contribution in [3.63, 3.8) is 0 Å². The quantitative estimate of drug-likeness (QED) is 0.551. The Morgan fingerprint density at radius 1 is 1.13 bits per heavy atom. The lowest BCUT2D eigenvalue weighted by Gasteiger charge is -2.55. The summed E-state index contributed by atoms with van der Waals surface area (Å²) in [6.07, 6.45) is 3.03. The number of morpholine rings is 2. The van der Waals surface area contributed by atoms with E-state index in [1.807, 2.05) is 12.1 Å². The van der Waals surface area contributed by atoms with Crippen LogP contribution in [-0.4, -0.2) is 91.6 Å². The van der Waals surface area contributed by atoms with Crippen molar-refractivity contribution < 1.29 is 9.47 Å². The molecule has 202 valence electrons. The number of nitrogens with one attached hydrogen (secondary N) is 1. The monoisotopic (exact) mass is 525 g/mol. The summed E-state index contributed by atoms with van der Waals surface area (Å²) in [7, 11) is 0. The highest BCUT2D eigenvalue weighted by molar-refractivity contribution is 5.95. The van der Waals surface area contributed by atoms with E-state index in [1.54, 1.807) is 6.20 Å². The van der Waals surface area contributed by atoms with Gasteiger partial charge in [-0.15, -0.1) is 0 Å². The Balaban J connectivity index is 1.01. The number of aromatic nitrogens is 2. The van der Waals surface area contributed by atoms with Gasteiger partial charge in [-0.05, 0) is 55.8 Å². The molecular weight excluding hydrogens is 490 g/mol. The largest absolute Gasteiger partial charge is 0.370 e. The second-order valence-electron chi connectivity index (χ2n) is 11.4. The first kappa shape index (κ1) is 24.7. The molecule has 2 unspecified atom stereocenters. The minimum absolute atomic E-state index is 0.1000. The molecule has 2 atom stereocenters. The first-order valence-electron chi connectivity index (χ1n) is 14.1. The molecule has 0 bridgehead atoms. The average Bonchev–Trinajstić information content (AvgIpc) is 2.95. The van der Waals surface area contributed by atoms with Gasteiger partial charge in [0, 0.05) is 63.1 Å². The topological polar surface area (TPSA) is 89.8 Å². The molecule has 3 fully saturated rings. The second kappa shape index (κ2) is 10.0. The summed E-state index contributed by atoms with van der Waals surface area (Å²) >= 11 is 0. The SMILES string of the molecule is CC1CN(c2ccc(C#N)c3ncccc23)CC(CN2CC3(C2)CN(c2ccc4c(n2)CNCC4)CCO3)O1. The number of benzene rings is 1. The lowest BCUT2D eigenvalue weighted by molar-refractivity contribution is -0.161. The molecule has 9 heteroatoms. The maximum Gasteiger partial charge on any atom is 0.129 e. The Morgan fingerprint density at radius 3 is 2.95 bits per heavy atom. The van der Waals surface area contributed by atoms with E-state index in [9.17, 15) is 5.26 Å². The van der Waals surface area contributed by atoms with Crippen LogP contribution in [0.1, 0.15) is 23.7 Å². The number of fused-ring (bicyclic) bond motifs is 2. The van der Waals surface area contributed by atoms with Crippen LogP contribution in [0, 0.1) is 11.3 Å². The first-order valence-corrected chi connectivity index (χ1v) is 14.1. The van der Waals surface area contributed by atoms with Gasteiger partial charge < -0.3 is 24.6 Å². The molecule has 0 saturated carbocycles. The third-order valence-electron chi connectivity index (χ3n) is 8.51. The van der Waals surface area contributed by atoms with Gasteiger partial charge in [0.05, 0.1) is 42.1 Å². The molecule has 4 aliphatic rings. The molecule has 1 N–H and O–H groups in total. The van der Waals surface area contributed by atoms with Gasteiger partial charge in [-0.1, -0.05) is 6.07 Å². The van der Waals surface area contributed by atoms with Gasteiger partial charge in [0.1, 0.15) is 17.5 Å². The third-order valence-corrected chi connectivity index (χ3v) is 8.51. The molecular formula is C30H35N7O2. The number of nitrogens with zero attached hydrogens (tertiary/aromatic N) is 6. The standard InChI is InChI=1S/C30H35N7O2/c1-21-15-37(27-6-4-23(13-31)29-25(27)3-2-9-33-29)17-24(39-21)16-35-18-30(19-35)20-36(11-12-38-30)28-7-5-22-8-10-32-14-26(22)34-28/h2-7,9,21,24,32H,8,10-12,14-20H2,1H3. The Morgan fingerprint density at radius 2 is 2.05 bits per heavy atom. The molecule has 3 aromatic rings. The Kier molecular flexibility index (Phi) is 6.36. The first-order chi connectivity index (χ1) is 19.1. The fourth-order valence-electron chi connectivity index (χ4n) is 6.79. The maximum atomic E-state index is 9.54. The summed E-state index contributed by atoms with van der Waals surface area (Å²) < 4.78 is 12.8. The molecule has 2 aromatic heterocycles. The molecule has 1 aromatic carbocycles. The number of hydrogen-bond acceptors (Lipinski definition) is 9. The van der Waals surface area contributed by atoms with E-state index in [0.717, 1.165) is 94.3 Å². The van der Waals surface area contributed by atoms with Gasteiger partial charge in [-0.2, -0.15) is 5.26 Å². The fourth-order valence-corrected chi connectivity index (χ4v) is 6.79. The number of likely N-dealkylation sites (tertiary alicyclic amines) is 1. The van der Waals surface area contributed by atoms with Crippen LogP contribution in [0.4, 0.5) is 11.5 Å². The molecule has 1 spiro atoms. The van der Waals surface area contributed by atoms with Gasteiger partial charge in [-0.3, -0.25) is 9.88 Å². The Labute approximate surface area is 229 Å². The van der Waals surface area contributed by atoms with Crippen LogP contribution in [0.3, 0.4) is 0 Å². The van der Waals surface area contributed by atoms with Crippen molar-refractivity contribution in [2.45, 2.75) is 37.7 Å². The van der Waals surface area contributed by atoms with Crippen LogP contribution in [0.2, 0.25) is 0 Å². The normalized spacial score (nSPS) is 24.8. The number of nitriles is 1. The number of anilines is 2. The molecule has 3 saturated heterocycles. The van der Waals surface area contributed by atoms with E-state index in [2.05, 4.69) is 62.3 Å². The lowest BCUT2D eigenvalue weighted by atomic mass is 9.91. The van der Waals surface area contributed by atoms with Gasteiger partial charge in [0.2, 0.25) is 0 Å². The van der Waals surface area contributed by atoms with Crippen LogP contribution in [0.15, 0.2) is 42.6 Å². The second-order valence-corrected chi connectivity index (χ2v) is 11.4. The molecule has 6 heterocycles. The zero-order valence-corrected chi connectivity index (χ0v) is 22.5. The van der Waals surface area contributed by atoms with E-state index in [1.165, 1.54) is 11.3 Å². The smallest absolute Gasteiger partial charge is 0.129 e. The highest BCUT2D eigenvalue weighted by atomic mass is 16.5. The molecule has 9 nitrogen and oxygen atoms in total. The van der Waals surface area contributed by atoms with Gasteiger partial charge >= 0.3 is 0 Å². The van der Waals surface area contributed by atoms with Crippen molar-refractivity contribution in [2.75, 3.05) is 68.8 Å². The van der Waals surface area contributed by atoms with Gasteiger partial charge in [0.15, 0.2) is 0 Å². The van der Waals surface area contributed by atoms with Crippen LogP contribution in [-0.2, 0) is 22.4 Å². The minimum atomic E-state index is -0.136. The third kappa shape index (κ3) is 4.72. The fraction of sp³-hybridized carbons (Fsp3) is 0.500. The van der Waals surface area contributed by atoms with Crippen molar-refractivity contribution >= 4 is 22.4 Å². The zero-order valence-electron chi connectivity index (χ0n) is 22.5. The maximum absolute atomic E-state index is 9.54. The summed E-state index contributed by atoms with van der Waals surface area (Å²) in [4.78, 5) is 16.8. The van der Waals surface area contributed by atoms with E-state index in [4.69, 9.17) is 14.5 Å². The summed E-state index contributed by atoms with van der Waals surface area (Å²) in [6, 6.07) is 14.7. The molecule has 39 heavy (non-hydrogen) atoms. The predicted molar refractivity (Wildman–Crippen MR) is 150 cm³/mol. The van der Waals surface area contributed by atoms with E-state index < -0.39 is 0 Å². The van der Waals surface area contributed by atoms with E-state index in [0.29, 0.717) is 5.56 Å². The van der Waals surface area contributed by atoms with Crippen LogP contribution in [0.5, 0.6) is 0 Å². The summed E-state index contributed by atoms with van der Waals surface area (Å²) in [5, 5.41) is 14.0. The highest BCUT2D eigenvalue weighted by Gasteiger charge is 2.48. The number of pyridine rings is 2. The molecule has 4 aliphatic heterocycles. The lowest BCUT2D eigenvalue weighted by Crippen LogP contribution is -2.71. The summed E-state index contributed by atoms with van der Waals surface area (Å²) in [5.41, 5.74) is 4.92. The molecule has 0 aliphatic carbocycles. The van der Waals surface area contributed by atoms with Crippen LogP contribution in [0.25, 0.3) is 10.9 Å². The molecule has 0 amide bonds.